The van der Waals surface area contributed by atoms with Gasteiger partial charge < -0.3 is 10.0 Å². The van der Waals surface area contributed by atoms with Crippen molar-refractivity contribution in [1.29, 1.82) is 0 Å². The average molecular weight is 219 g/mol. The van der Waals surface area contributed by atoms with Crippen molar-refractivity contribution in [3.8, 4) is 0 Å². The summed E-state index contributed by atoms with van der Waals surface area (Å²) in [5, 5.41) is 9.78. The molecule has 1 atom stereocenters. The minimum atomic E-state index is -0.376. The normalized spacial score (nSPS) is 19.2. The predicted molar refractivity (Wildman–Crippen MR) is 67.8 cm³/mol. The van der Waals surface area contributed by atoms with Gasteiger partial charge in [0.2, 0.25) is 0 Å². The van der Waals surface area contributed by atoms with Crippen LogP contribution in [0.4, 0.5) is 5.69 Å². The molecule has 2 heteroatoms. The molecule has 1 fully saturated rings. The van der Waals surface area contributed by atoms with E-state index in [-0.39, 0.29) is 6.10 Å². The van der Waals surface area contributed by atoms with Crippen LogP contribution in [0.1, 0.15) is 44.3 Å². The SMILES string of the molecule is C[C@@H](O)c1ccccc1N1CCCCCC1. The standard InChI is InChI=1S/C14H21NO/c1-12(16)13-8-4-5-9-14(13)15-10-6-2-3-7-11-15/h4-5,8-9,12,16H,2-3,6-7,10-11H2,1H3/t12-/m1/s1. The van der Waals surface area contributed by atoms with Crippen LogP contribution in [0.3, 0.4) is 0 Å². The zero-order valence-corrected chi connectivity index (χ0v) is 10.0. The van der Waals surface area contributed by atoms with Crippen LogP contribution in [-0.2, 0) is 0 Å². The Morgan fingerprint density at radius 1 is 1.06 bits per heavy atom. The highest BCUT2D eigenvalue weighted by molar-refractivity contribution is 5.54. The Bertz CT molecular complexity index is 327. The van der Waals surface area contributed by atoms with Gasteiger partial charge in [-0.1, -0.05) is 31.0 Å². The summed E-state index contributed by atoms with van der Waals surface area (Å²) < 4.78 is 0. The molecule has 1 aromatic rings. The lowest BCUT2D eigenvalue weighted by atomic mass is 10.1. The lowest BCUT2D eigenvalue weighted by molar-refractivity contribution is 0.199. The van der Waals surface area contributed by atoms with Crippen molar-refractivity contribution in [3.05, 3.63) is 29.8 Å². The number of rotatable bonds is 2. The van der Waals surface area contributed by atoms with E-state index in [9.17, 15) is 5.11 Å². The van der Waals surface area contributed by atoms with Gasteiger partial charge in [-0.2, -0.15) is 0 Å². The fourth-order valence-electron chi connectivity index (χ4n) is 2.44. The molecule has 1 aromatic carbocycles. The molecule has 16 heavy (non-hydrogen) atoms. The Labute approximate surface area is 97.9 Å². The number of aliphatic hydroxyl groups excluding tert-OH is 1. The Kier molecular flexibility index (Phi) is 3.83. The molecule has 0 bridgehead atoms. The van der Waals surface area contributed by atoms with Crippen molar-refractivity contribution in [2.75, 3.05) is 18.0 Å². The summed E-state index contributed by atoms with van der Waals surface area (Å²) in [6.07, 6.45) is 4.85. The van der Waals surface area contributed by atoms with Gasteiger partial charge in [-0.15, -0.1) is 0 Å². The van der Waals surface area contributed by atoms with Gasteiger partial charge in [0.25, 0.3) is 0 Å². The molecule has 0 aromatic heterocycles. The number of nitrogens with zero attached hydrogens (tertiary/aromatic N) is 1. The van der Waals surface area contributed by atoms with Crippen LogP contribution >= 0.6 is 0 Å². The molecular weight excluding hydrogens is 198 g/mol. The van der Waals surface area contributed by atoms with Gasteiger partial charge in [0.1, 0.15) is 0 Å². The van der Waals surface area contributed by atoms with Crippen LogP contribution in [0.15, 0.2) is 24.3 Å². The highest BCUT2D eigenvalue weighted by Crippen LogP contribution is 2.27. The van der Waals surface area contributed by atoms with Crippen LogP contribution in [0.5, 0.6) is 0 Å². The second-order valence-electron chi connectivity index (χ2n) is 4.64. The molecule has 88 valence electrons. The van der Waals surface area contributed by atoms with Gasteiger partial charge >= 0.3 is 0 Å². The van der Waals surface area contributed by atoms with E-state index < -0.39 is 0 Å². The van der Waals surface area contributed by atoms with E-state index in [0.29, 0.717) is 0 Å². The molecule has 0 aliphatic carbocycles. The highest BCUT2D eigenvalue weighted by atomic mass is 16.3. The van der Waals surface area contributed by atoms with Crippen molar-refractivity contribution < 1.29 is 5.11 Å². The first-order chi connectivity index (χ1) is 7.79. The van der Waals surface area contributed by atoms with Gasteiger partial charge in [0.05, 0.1) is 6.10 Å². The van der Waals surface area contributed by atoms with E-state index in [0.717, 1.165) is 18.7 Å². The molecule has 2 rings (SSSR count). The Hall–Kier alpha value is -1.02. The first kappa shape index (κ1) is 11.5. The third-order valence-electron chi connectivity index (χ3n) is 3.33. The van der Waals surface area contributed by atoms with Crippen LogP contribution in [0, 0.1) is 0 Å². The van der Waals surface area contributed by atoms with Crippen molar-refractivity contribution >= 4 is 5.69 Å². The predicted octanol–water partition coefficient (Wildman–Crippen LogP) is 3.12. The van der Waals surface area contributed by atoms with Crippen molar-refractivity contribution in [2.24, 2.45) is 0 Å². The van der Waals surface area contributed by atoms with Crippen LogP contribution < -0.4 is 4.90 Å². The third-order valence-corrected chi connectivity index (χ3v) is 3.33. The molecule has 0 unspecified atom stereocenters. The lowest BCUT2D eigenvalue weighted by Crippen LogP contribution is -2.25. The summed E-state index contributed by atoms with van der Waals surface area (Å²) >= 11 is 0. The van der Waals surface area contributed by atoms with E-state index in [4.69, 9.17) is 0 Å². The first-order valence-electron chi connectivity index (χ1n) is 6.31. The van der Waals surface area contributed by atoms with E-state index in [1.54, 1.807) is 0 Å². The van der Waals surface area contributed by atoms with Crippen molar-refractivity contribution in [1.82, 2.24) is 0 Å². The smallest absolute Gasteiger partial charge is 0.0781 e. The number of benzene rings is 1. The number of hydrogen-bond acceptors (Lipinski definition) is 2. The summed E-state index contributed by atoms with van der Waals surface area (Å²) in [7, 11) is 0. The molecular formula is C14H21NO. The summed E-state index contributed by atoms with van der Waals surface area (Å²) in [5.74, 6) is 0. The summed E-state index contributed by atoms with van der Waals surface area (Å²) in [6.45, 7) is 4.10. The first-order valence-corrected chi connectivity index (χ1v) is 6.31. The topological polar surface area (TPSA) is 23.5 Å². The molecule has 1 heterocycles. The van der Waals surface area contributed by atoms with E-state index in [2.05, 4.69) is 17.0 Å². The van der Waals surface area contributed by atoms with Gasteiger partial charge in [-0.3, -0.25) is 0 Å². The quantitative estimate of drug-likeness (QED) is 0.826. The third kappa shape index (κ3) is 2.56. The average Bonchev–Trinajstić information content (AvgIpc) is 2.57. The number of anilines is 1. The largest absolute Gasteiger partial charge is 0.389 e. The maximum absolute atomic E-state index is 9.78. The summed E-state index contributed by atoms with van der Waals surface area (Å²) in [6, 6.07) is 8.23. The fourth-order valence-corrected chi connectivity index (χ4v) is 2.44. The fraction of sp³-hybridized carbons (Fsp3) is 0.571. The Morgan fingerprint density at radius 3 is 2.31 bits per heavy atom. The molecule has 0 radical (unpaired) electrons. The van der Waals surface area contributed by atoms with Gasteiger partial charge in [0, 0.05) is 24.3 Å². The van der Waals surface area contributed by atoms with Crippen LogP contribution in [0.25, 0.3) is 0 Å². The van der Waals surface area contributed by atoms with E-state index in [1.807, 2.05) is 19.1 Å². The second kappa shape index (κ2) is 5.35. The molecule has 1 aliphatic heterocycles. The maximum Gasteiger partial charge on any atom is 0.0781 e. The van der Waals surface area contributed by atoms with Gasteiger partial charge in [0.15, 0.2) is 0 Å². The van der Waals surface area contributed by atoms with Crippen LogP contribution in [0.2, 0.25) is 0 Å². The second-order valence-corrected chi connectivity index (χ2v) is 4.64. The van der Waals surface area contributed by atoms with Crippen molar-refractivity contribution in [3.63, 3.8) is 0 Å². The molecule has 1 N–H and O–H groups in total. The minimum Gasteiger partial charge on any atom is -0.389 e. The molecule has 0 spiro atoms. The Morgan fingerprint density at radius 2 is 1.69 bits per heavy atom. The Balaban J connectivity index is 2.23. The van der Waals surface area contributed by atoms with Gasteiger partial charge in [-0.05, 0) is 25.8 Å². The number of aliphatic hydroxyl groups is 1. The zero-order valence-electron chi connectivity index (χ0n) is 10.0. The monoisotopic (exact) mass is 219 g/mol. The van der Waals surface area contributed by atoms with Crippen molar-refractivity contribution in [2.45, 2.75) is 38.7 Å². The van der Waals surface area contributed by atoms with E-state index >= 15 is 0 Å². The zero-order chi connectivity index (χ0) is 11.4. The molecule has 1 saturated heterocycles. The molecule has 0 saturated carbocycles. The van der Waals surface area contributed by atoms with Crippen LogP contribution in [-0.4, -0.2) is 18.2 Å². The van der Waals surface area contributed by atoms with E-state index in [1.165, 1.54) is 31.4 Å². The number of hydrogen-bond donors (Lipinski definition) is 1. The molecule has 2 nitrogen and oxygen atoms in total. The minimum absolute atomic E-state index is 0.376. The molecule has 1 aliphatic rings. The highest BCUT2D eigenvalue weighted by Gasteiger charge is 2.15. The molecule has 0 amide bonds. The van der Waals surface area contributed by atoms with Gasteiger partial charge in [-0.25, -0.2) is 0 Å². The summed E-state index contributed by atoms with van der Waals surface area (Å²) in [5.41, 5.74) is 2.28. The summed E-state index contributed by atoms with van der Waals surface area (Å²) in [4.78, 5) is 2.43. The number of para-hydroxylation sites is 1. The lowest BCUT2D eigenvalue weighted by Gasteiger charge is -2.26. The maximum atomic E-state index is 9.78.